The van der Waals surface area contributed by atoms with Gasteiger partial charge in [0.2, 0.25) is 11.8 Å². The van der Waals surface area contributed by atoms with E-state index < -0.39 is 0 Å². The average molecular weight is 678 g/mol. The lowest BCUT2D eigenvalue weighted by Gasteiger charge is -2.16. The Morgan fingerprint density at radius 3 is 2.55 bits per heavy atom. The number of nitrogens with one attached hydrogen (secondary N) is 3. The third kappa shape index (κ3) is 7.18. The molecule has 1 amide bonds. The fourth-order valence-corrected chi connectivity index (χ4v) is 6.39. The molecule has 2 saturated heterocycles. The van der Waals surface area contributed by atoms with E-state index in [2.05, 4.69) is 25.9 Å². The van der Waals surface area contributed by atoms with Gasteiger partial charge in [-0.3, -0.25) is 24.9 Å². The monoisotopic (exact) mass is 676 g/mol. The first-order valence-corrected chi connectivity index (χ1v) is 16.0. The zero-order valence-electron chi connectivity index (χ0n) is 25.9. The summed E-state index contributed by atoms with van der Waals surface area (Å²) in [5, 5.41) is 10.4. The lowest BCUT2D eigenvalue weighted by Crippen LogP contribution is -2.35. The van der Waals surface area contributed by atoms with Gasteiger partial charge in [-0.1, -0.05) is 47.5 Å². The summed E-state index contributed by atoms with van der Waals surface area (Å²) in [6, 6.07) is 13.0. The maximum Gasteiger partial charge on any atom is 0.323 e. The van der Waals surface area contributed by atoms with Crippen molar-refractivity contribution in [2.24, 2.45) is 0 Å². The number of rotatable bonds is 12. The van der Waals surface area contributed by atoms with Crippen LogP contribution in [0.5, 0.6) is 11.6 Å². The summed E-state index contributed by atoms with van der Waals surface area (Å²) in [5.74, 6) is 0.853. The number of esters is 1. The second kappa shape index (κ2) is 14.6. The van der Waals surface area contributed by atoms with E-state index in [1.54, 1.807) is 26.6 Å². The minimum absolute atomic E-state index is 0.0921. The SMILES string of the molecule is COc1cc(-c2nccc(-c3cccc(-c4ccc(CNC[C@H]5CCC(=O)N5)c(OC)n4)c3Cl)c2Cl)cnc1CN[C@H]1CCOC1=O. The number of cyclic esters (lactones) is 1. The van der Waals surface area contributed by atoms with Crippen molar-refractivity contribution in [2.75, 3.05) is 27.4 Å². The molecule has 0 aliphatic carbocycles. The zero-order chi connectivity index (χ0) is 32.9. The quantitative estimate of drug-likeness (QED) is 0.176. The number of carbonyl (C=O) groups excluding carboxylic acids is 2. The molecule has 0 bridgehead atoms. The first kappa shape index (κ1) is 32.6. The van der Waals surface area contributed by atoms with Crippen LogP contribution in [-0.2, 0) is 27.4 Å². The van der Waals surface area contributed by atoms with E-state index in [1.807, 2.05) is 42.5 Å². The Bertz CT molecular complexity index is 1810. The Labute approximate surface area is 282 Å². The van der Waals surface area contributed by atoms with Gasteiger partial charge in [-0.2, -0.15) is 0 Å². The fraction of sp³-hybridized carbons (Fsp3) is 0.324. The molecule has 1 aromatic carbocycles. The van der Waals surface area contributed by atoms with Gasteiger partial charge in [-0.25, -0.2) is 4.98 Å². The molecule has 0 spiro atoms. The summed E-state index contributed by atoms with van der Waals surface area (Å²) in [5.41, 5.74) is 5.49. The number of methoxy groups -OCH3 is 2. The molecular formula is C34H34Cl2N6O5. The predicted molar refractivity (Wildman–Crippen MR) is 178 cm³/mol. The molecule has 2 atom stereocenters. The lowest BCUT2D eigenvalue weighted by molar-refractivity contribution is -0.139. The van der Waals surface area contributed by atoms with Crippen molar-refractivity contribution in [3.8, 4) is 45.3 Å². The molecule has 4 aromatic rings. The highest BCUT2D eigenvalue weighted by Gasteiger charge is 2.26. The highest BCUT2D eigenvalue weighted by atomic mass is 35.5. The standard InChI is InChI=1S/C34H34Cl2N6O5/c1-45-28-14-20(16-39-27(28)18-40-26-11-13-47-34(26)44)32-31(36)23(10-12-38-32)22-4-3-5-24(30(22)35)25-8-6-19(33(42-25)46-2)15-37-17-21-7-9-29(43)41-21/h3-6,8,10,12,14,16,21,26,37,40H,7,9,11,13,15,17-18H2,1-2H3,(H,41,43)/t21-,26+/m1/s1. The summed E-state index contributed by atoms with van der Waals surface area (Å²) in [4.78, 5) is 37.2. The van der Waals surface area contributed by atoms with Gasteiger partial charge in [-0.05, 0) is 24.6 Å². The van der Waals surface area contributed by atoms with Gasteiger partial charge >= 0.3 is 5.97 Å². The Morgan fingerprint density at radius 2 is 1.81 bits per heavy atom. The van der Waals surface area contributed by atoms with Gasteiger partial charge in [-0.15, -0.1) is 0 Å². The first-order valence-electron chi connectivity index (χ1n) is 15.3. The molecule has 2 fully saturated rings. The molecule has 0 saturated carbocycles. The Morgan fingerprint density at radius 1 is 0.979 bits per heavy atom. The van der Waals surface area contributed by atoms with E-state index in [-0.39, 0.29) is 24.0 Å². The largest absolute Gasteiger partial charge is 0.495 e. The molecule has 3 aromatic heterocycles. The molecule has 47 heavy (non-hydrogen) atoms. The number of aromatic nitrogens is 3. The van der Waals surface area contributed by atoms with Gasteiger partial charge in [0, 0.05) is 78.7 Å². The van der Waals surface area contributed by atoms with Gasteiger partial charge < -0.3 is 24.8 Å². The number of hydrogen-bond donors (Lipinski definition) is 3. The van der Waals surface area contributed by atoms with Crippen LogP contribution in [0.15, 0.2) is 54.9 Å². The molecule has 0 radical (unpaired) electrons. The topological polar surface area (TPSA) is 137 Å². The van der Waals surface area contributed by atoms with Gasteiger partial charge in [0.1, 0.15) is 11.8 Å². The van der Waals surface area contributed by atoms with Crippen LogP contribution in [0.4, 0.5) is 0 Å². The number of hydrogen-bond acceptors (Lipinski definition) is 10. The fourth-order valence-electron chi connectivity index (χ4n) is 5.75. The Kier molecular flexibility index (Phi) is 10.2. The molecule has 2 aliphatic heterocycles. The third-order valence-electron chi connectivity index (χ3n) is 8.25. The molecule has 0 unspecified atom stereocenters. The highest BCUT2D eigenvalue weighted by Crippen LogP contribution is 2.42. The van der Waals surface area contributed by atoms with Gasteiger partial charge in [0.15, 0.2) is 0 Å². The van der Waals surface area contributed by atoms with Crippen molar-refractivity contribution in [2.45, 2.75) is 44.4 Å². The van der Waals surface area contributed by atoms with Crippen LogP contribution >= 0.6 is 23.2 Å². The summed E-state index contributed by atoms with van der Waals surface area (Å²) in [6.45, 7) is 1.95. The predicted octanol–water partition coefficient (Wildman–Crippen LogP) is 4.97. The van der Waals surface area contributed by atoms with Gasteiger partial charge in [0.25, 0.3) is 0 Å². The second-order valence-electron chi connectivity index (χ2n) is 11.2. The van der Waals surface area contributed by atoms with E-state index in [0.717, 1.165) is 17.5 Å². The van der Waals surface area contributed by atoms with Crippen molar-refractivity contribution in [3.05, 3.63) is 76.2 Å². The van der Waals surface area contributed by atoms with E-state index in [4.69, 9.17) is 42.4 Å². The number of halogens is 2. The molecule has 244 valence electrons. The number of ether oxygens (including phenoxy) is 3. The third-order valence-corrected chi connectivity index (χ3v) is 9.04. The van der Waals surface area contributed by atoms with Crippen LogP contribution in [0.3, 0.4) is 0 Å². The number of amides is 1. The molecule has 3 N–H and O–H groups in total. The van der Waals surface area contributed by atoms with Crippen molar-refractivity contribution < 1.29 is 23.8 Å². The molecule has 13 heteroatoms. The second-order valence-corrected chi connectivity index (χ2v) is 12.0. The van der Waals surface area contributed by atoms with E-state index in [1.165, 1.54) is 0 Å². The van der Waals surface area contributed by atoms with Gasteiger partial charge in [0.05, 0.1) is 48.0 Å². The number of benzene rings is 1. The van der Waals surface area contributed by atoms with Crippen LogP contribution < -0.4 is 25.4 Å². The minimum Gasteiger partial charge on any atom is -0.495 e. The summed E-state index contributed by atoms with van der Waals surface area (Å²) in [7, 11) is 3.15. The molecular weight excluding hydrogens is 643 g/mol. The van der Waals surface area contributed by atoms with Crippen molar-refractivity contribution >= 4 is 35.1 Å². The number of nitrogens with zero attached hydrogens (tertiary/aromatic N) is 3. The van der Waals surface area contributed by atoms with Crippen LogP contribution in [0.1, 0.15) is 30.5 Å². The normalized spacial score (nSPS) is 17.4. The summed E-state index contributed by atoms with van der Waals surface area (Å²) < 4.78 is 16.3. The van der Waals surface area contributed by atoms with Crippen molar-refractivity contribution in [3.63, 3.8) is 0 Å². The Hall–Kier alpha value is -4.29. The van der Waals surface area contributed by atoms with Crippen LogP contribution in [0, 0.1) is 0 Å². The van der Waals surface area contributed by atoms with Crippen LogP contribution in [0.2, 0.25) is 10.0 Å². The summed E-state index contributed by atoms with van der Waals surface area (Å²) in [6.07, 6.45) is 5.36. The minimum atomic E-state index is -0.362. The number of pyridine rings is 3. The van der Waals surface area contributed by atoms with E-state index in [9.17, 15) is 9.59 Å². The molecule has 11 nitrogen and oxygen atoms in total. The maximum atomic E-state index is 11.8. The lowest BCUT2D eigenvalue weighted by atomic mass is 9.99. The van der Waals surface area contributed by atoms with Crippen molar-refractivity contribution in [1.82, 2.24) is 30.9 Å². The van der Waals surface area contributed by atoms with Crippen LogP contribution in [-0.4, -0.2) is 66.3 Å². The molecule has 6 rings (SSSR count). The molecule has 2 aliphatic rings. The Balaban J connectivity index is 1.23. The smallest absolute Gasteiger partial charge is 0.323 e. The zero-order valence-corrected chi connectivity index (χ0v) is 27.5. The molecule has 5 heterocycles. The average Bonchev–Trinajstić information content (AvgIpc) is 3.70. The maximum absolute atomic E-state index is 11.8. The van der Waals surface area contributed by atoms with E-state index in [0.29, 0.717) is 94.5 Å². The number of carbonyl (C=O) groups is 2. The van der Waals surface area contributed by atoms with E-state index >= 15 is 0 Å². The first-order chi connectivity index (χ1) is 22.9. The summed E-state index contributed by atoms with van der Waals surface area (Å²) >= 11 is 14.0. The highest BCUT2D eigenvalue weighted by molar-refractivity contribution is 6.39. The van der Waals surface area contributed by atoms with Crippen molar-refractivity contribution in [1.29, 1.82) is 0 Å². The van der Waals surface area contributed by atoms with Crippen LogP contribution in [0.25, 0.3) is 33.6 Å².